The second kappa shape index (κ2) is 3.75. The Labute approximate surface area is 27.3 Å². The summed E-state index contributed by atoms with van der Waals surface area (Å²) in [6, 6.07) is 0. The van der Waals surface area contributed by atoms with Crippen molar-refractivity contribution >= 4 is 17.1 Å². The van der Waals surface area contributed by atoms with Crippen LogP contribution in [-0.2, 0) is 0 Å². The summed E-state index contributed by atoms with van der Waals surface area (Å²) in [5.41, 5.74) is 0. The van der Waals surface area contributed by atoms with Crippen molar-refractivity contribution in [3.8, 4) is 0 Å². The zero-order valence-corrected chi connectivity index (χ0v) is 3.83. The highest BCUT2D eigenvalue weighted by atomic mass is 32.0. The van der Waals surface area contributed by atoms with Crippen LogP contribution in [0.3, 0.4) is 0 Å². The van der Waals surface area contributed by atoms with E-state index in [1.165, 1.54) is 0 Å². The molecule has 26 valence electrons. The van der Waals surface area contributed by atoms with Crippen LogP contribution >= 0.6 is 17.1 Å². The lowest BCUT2D eigenvalue weighted by Crippen LogP contribution is -1.11. The van der Waals surface area contributed by atoms with Gasteiger partial charge in [0.05, 0.1) is 8.50 Å². The van der Waals surface area contributed by atoms with Gasteiger partial charge in [-0.2, -0.15) is 0 Å². The summed E-state index contributed by atoms with van der Waals surface area (Å²) in [5.74, 6) is 0. The summed E-state index contributed by atoms with van der Waals surface area (Å²) in [6.45, 7) is 0. The third-order valence-corrected chi connectivity index (χ3v) is 0.380. The molecule has 0 bridgehead atoms. The molecule has 0 rings (SSSR count). The van der Waals surface area contributed by atoms with Crippen LogP contribution in [0.25, 0.3) is 0 Å². The first-order valence-corrected chi connectivity index (χ1v) is 3.49. The standard InChI is InChI=1S/FH3OP2/c1-3-4-2/h2-4H. The average molecular weight is 100.0 g/mol. The maximum atomic E-state index is 10.5. The molecule has 0 fully saturated rings. The number of halogens is 1. The first-order chi connectivity index (χ1) is 1.91. The molecule has 0 amide bonds. The molecular formula is H3FOP2. The van der Waals surface area contributed by atoms with E-state index in [9.17, 15) is 4.20 Å². The van der Waals surface area contributed by atoms with E-state index in [1.807, 2.05) is 0 Å². The summed E-state index contributed by atoms with van der Waals surface area (Å²) in [6.07, 6.45) is 0. The van der Waals surface area contributed by atoms with Gasteiger partial charge in [0, 0.05) is 0 Å². The molecule has 2 unspecified atom stereocenters. The van der Waals surface area contributed by atoms with Gasteiger partial charge in [0.1, 0.15) is 8.58 Å². The fraction of sp³-hybridized carbons (Fsp3) is 0. The highest BCUT2D eigenvalue weighted by Crippen LogP contribution is 2.32. The first-order valence-electron chi connectivity index (χ1n) is 0.663. The Kier molecular flexibility index (Phi) is 4.45. The van der Waals surface area contributed by atoms with Crippen LogP contribution in [0.1, 0.15) is 0 Å². The van der Waals surface area contributed by atoms with E-state index in [-0.39, 0.29) is 0 Å². The lowest BCUT2D eigenvalue weighted by atomic mass is 15.9. The average Bonchev–Trinajstić information content (AvgIpc) is 1.37. The van der Waals surface area contributed by atoms with Gasteiger partial charge < -0.3 is 4.89 Å². The summed E-state index contributed by atoms with van der Waals surface area (Å²) < 4.78 is 10.5. The highest BCUT2D eigenvalue weighted by molar-refractivity contribution is 8.06. The fourth-order valence-corrected chi connectivity index (χ4v) is 0. The molecule has 0 saturated carbocycles. The van der Waals surface area contributed by atoms with E-state index >= 15 is 0 Å². The monoisotopic (exact) mass is 100.0 g/mol. The quantitative estimate of drug-likeness (QED) is 0.488. The van der Waals surface area contributed by atoms with Crippen LogP contribution in [0.15, 0.2) is 0 Å². The Balaban J connectivity index is 1.97. The van der Waals surface area contributed by atoms with E-state index in [4.69, 9.17) is 4.89 Å². The van der Waals surface area contributed by atoms with Gasteiger partial charge in [0.25, 0.3) is 0 Å². The van der Waals surface area contributed by atoms with Crippen LogP contribution in [0.2, 0.25) is 0 Å². The molecule has 0 aromatic rings. The second-order valence-corrected chi connectivity index (χ2v) is 1.86. The van der Waals surface area contributed by atoms with Gasteiger partial charge in [-0.05, 0) is 0 Å². The smallest absolute Gasteiger partial charge is 0.116 e. The maximum absolute atomic E-state index is 10.5. The van der Waals surface area contributed by atoms with Crippen LogP contribution in [0, 0.1) is 0 Å². The topological polar surface area (TPSA) is 20.2 Å². The van der Waals surface area contributed by atoms with Crippen molar-refractivity contribution in [2.24, 2.45) is 0 Å². The van der Waals surface area contributed by atoms with Gasteiger partial charge >= 0.3 is 0 Å². The van der Waals surface area contributed by atoms with E-state index in [0.29, 0.717) is 0 Å². The predicted molar refractivity (Wildman–Crippen MR) is 20.0 cm³/mol. The zero-order chi connectivity index (χ0) is 3.41. The molecule has 0 aromatic heterocycles. The molecule has 0 aromatic carbocycles. The van der Waals surface area contributed by atoms with Crippen LogP contribution in [0.4, 0.5) is 4.20 Å². The fourth-order valence-electron chi connectivity index (χ4n) is 0. The second-order valence-electron chi connectivity index (χ2n) is 0.206. The SMILES string of the molecule is OPPF. The third-order valence-electron chi connectivity index (χ3n) is 0.0423. The summed E-state index contributed by atoms with van der Waals surface area (Å²) in [5, 5.41) is 0. The van der Waals surface area contributed by atoms with Crippen LogP contribution < -0.4 is 0 Å². The predicted octanol–water partition coefficient (Wildman–Crippen LogP) is 1.05. The molecule has 0 heterocycles. The van der Waals surface area contributed by atoms with E-state index in [2.05, 4.69) is 0 Å². The normalized spacial score (nSPS) is 13.5. The third kappa shape index (κ3) is 2.75. The summed E-state index contributed by atoms with van der Waals surface area (Å²) in [7, 11) is -1.27. The van der Waals surface area contributed by atoms with Gasteiger partial charge in [0.15, 0.2) is 0 Å². The molecule has 4 heteroatoms. The molecule has 1 nitrogen and oxygen atoms in total. The molecule has 0 aliphatic carbocycles. The molecule has 0 aliphatic heterocycles. The summed E-state index contributed by atoms with van der Waals surface area (Å²) in [4.78, 5) is 7.54. The van der Waals surface area contributed by atoms with Crippen molar-refractivity contribution in [1.29, 1.82) is 0 Å². The molecule has 0 aliphatic rings. The van der Waals surface area contributed by atoms with Crippen molar-refractivity contribution in [3.05, 3.63) is 0 Å². The van der Waals surface area contributed by atoms with Crippen molar-refractivity contribution in [2.45, 2.75) is 0 Å². The minimum Gasteiger partial charge on any atom is -0.370 e. The van der Waals surface area contributed by atoms with Gasteiger partial charge in [-0.1, -0.05) is 0 Å². The van der Waals surface area contributed by atoms with Gasteiger partial charge in [-0.3, -0.25) is 0 Å². The Morgan fingerprint density at radius 3 is 2.00 bits per heavy atom. The minimum atomic E-state index is -0.776. The van der Waals surface area contributed by atoms with E-state index in [0.717, 1.165) is 0 Å². The van der Waals surface area contributed by atoms with E-state index in [1.54, 1.807) is 0 Å². The molecule has 4 heavy (non-hydrogen) atoms. The Morgan fingerprint density at radius 1 is 1.75 bits per heavy atom. The van der Waals surface area contributed by atoms with Gasteiger partial charge in [-0.25, -0.2) is 4.20 Å². The Hall–Kier alpha value is 0.750. The number of hydrogen-bond donors (Lipinski definition) is 1. The van der Waals surface area contributed by atoms with Gasteiger partial charge in [0.2, 0.25) is 0 Å². The van der Waals surface area contributed by atoms with Crippen LogP contribution in [0.5, 0.6) is 0 Å². The first kappa shape index (κ1) is 4.75. The highest BCUT2D eigenvalue weighted by Gasteiger charge is 1.62. The Morgan fingerprint density at radius 2 is 2.00 bits per heavy atom. The Bertz CT molecular complexity index is 8.00. The largest absolute Gasteiger partial charge is 0.370 e. The molecule has 0 spiro atoms. The minimum absolute atomic E-state index is 0.498. The number of rotatable bonds is 1. The maximum Gasteiger partial charge on any atom is 0.116 e. The van der Waals surface area contributed by atoms with Crippen molar-refractivity contribution in [3.63, 3.8) is 0 Å². The lowest BCUT2D eigenvalue weighted by molar-refractivity contribution is 0.657. The van der Waals surface area contributed by atoms with Crippen molar-refractivity contribution in [2.75, 3.05) is 0 Å². The molecular weight excluding hydrogens is 96.9 g/mol. The van der Waals surface area contributed by atoms with Gasteiger partial charge in [-0.15, -0.1) is 0 Å². The zero-order valence-electron chi connectivity index (χ0n) is 1.83. The lowest BCUT2D eigenvalue weighted by Gasteiger charge is -1.65. The summed E-state index contributed by atoms with van der Waals surface area (Å²) >= 11 is 0. The van der Waals surface area contributed by atoms with E-state index < -0.39 is 17.1 Å². The van der Waals surface area contributed by atoms with Crippen LogP contribution in [-0.4, -0.2) is 4.89 Å². The van der Waals surface area contributed by atoms with Crippen molar-refractivity contribution < 1.29 is 9.09 Å². The molecule has 0 radical (unpaired) electrons. The molecule has 0 saturated heterocycles. The molecule has 2 atom stereocenters. The number of hydrogen-bond acceptors (Lipinski definition) is 1. The molecule has 1 N–H and O–H groups in total. The van der Waals surface area contributed by atoms with Crippen molar-refractivity contribution in [1.82, 2.24) is 0 Å².